The Balaban J connectivity index is 2.94. The molecule has 1 unspecified atom stereocenters. The number of carbonyl (C=O) groups is 1. The second-order valence-electron chi connectivity index (χ2n) is 4.83. The van der Waals surface area contributed by atoms with Crippen LogP contribution < -0.4 is 4.74 Å². The van der Waals surface area contributed by atoms with Crippen molar-refractivity contribution in [2.45, 2.75) is 19.8 Å². The second kappa shape index (κ2) is 8.68. The molecule has 0 N–H and O–H groups in total. The van der Waals surface area contributed by atoms with E-state index in [0.29, 0.717) is 12.4 Å². The fraction of sp³-hybridized carbons (Fsp3) is 0.333. The highest BCUT2D eigenvalue weighted by Crippen LogP contribution is 2.29. The Kier molecular flexibility index (Phi) is 6.91. The van der Waals surface area contributed by atoms with Crippen LogP contribution in [0.25, 0.3) is 0 Å². The van der Waals surface area contributed by atoms with Crippen LogP contribution in [0.5, 0.6) is 5.75 Å². The third-order valence-corrected chi connectivity index (χ3v) is 3.17. The highest BCUT2D eigenvalue weighted by atomic mass is 16.5. The van der Waals surface area contributed by atoms with Gasteiger partial charge in [0.2, 0.25) is 0 Å². The van der Waals surface area contributed by atoms with E-state index in [1.54, 1.807) is 31.2 Å². The Labute approximate surface area is 131 Å². The maximum absolute atomic E-state index is 12.2. The van der Waals surface area contributed by atoms with Crippen molar-refractivity contribution in [2.24, 2.45) is 5.41 Å². The molecule has 0 spiro atoms. The minimum absolute atomic E-state index is 0.244. The molecule has 1 rings (SSSR count). The Bertz CT molecular complexity index is 557. The summed E-state index contributed by atoms with van der Waals surface area (Å²) in [6.45, 7) is 9.62. The van der Waals surface area contributed by atoms with Gasteiger partial charge in [0.1, 0.15) is 12.4 Å². The highest BCUT2D eigenvalue weighted by molar-refractivity contribution is 5.80. The summed E-state index contributed by atoms with van der Waals surface area (Å²) >= 11 is 0. The van der Waals surface area contributed by atoms with Crippen LogP contribution in [-0.2, 0) is 16.0 Å². The first-order valence-corrected chi connectivity index (χ1v) is 7.14. The van der Waals surface area contributed by atoms with Crippen LogP contribution in [0, 0.1) is 16.7 Å². The predicted molar refractivity (Wildman–Crippen MR) is 85.3 cm³/mol. The number of hydrogen-bond acceptors (Lipinski definition) is 4. The Hall–Kier alpha value is -2.54. The zero-order valence-corrected chi connectivity index (χ0v) is 12.9. The maximum Gasteiger partial charge on any atom is 0.327 e. The molecule has 22 heavy (non-hydrogen) atoms. The van der Waals surface area contributed by atoms with Crippen LogP contribution in [0.2, 0.25) is 0 Å². The van der Waals surface area contributed by atoms with Crippen molar-refractivity contribution in [1.82, 2.24) is 0 Å². The fourth-order valence-corrected chi connectivity index (χ4v) is 2.08. The van der Waals surface area contributed by atoms with E-state index < -0.39 is 11.4 Å². The van der Waals surface area contributed by atoms with Gasteiger partial charge in [-0.25, -0.2) is 0 Å². The smallest absolute Gasteiger partial charge is 0.327 e. The number of benzene rings is 1. The Morgan fingerprint density at radius 2 is 2.00 bits per heavy atom. The summed E-state index contributed by atoms with van der Waals surface area (Å²) in [5, 5.41) is 9.50. The number of allylic oxidation sites excluding steroid dienone is 1. The molecule has 0 bridgehead atoms. The van der Waals surface area contributed by atoms with E-state index in [4.69, 9.17) is 9.47 Å². The van der Waals surface area contributed by atoms with Crippen LogP contribution in [0.1, 0.15) is 18.9 Å². The number of ether oxygens (including phenoxy) is 2. The van der Waals surface area contributed by atoms with Gasteiger partial charge >= 0.3 is 5.97 Å². The van der Waals surface area contributed by atoms with Crippen LogP contribution in [0.15, 0.2) is 49.6 Å². The van der Waals surface area contributed by atoms with Gasteiger partial charge in [0.25, 0.3) is 0 Å². The minimum atomic E-state index is -1.23. The number of nitriles is 1. The molecule has 4 nitrogen and oxygen atoms in total. The SMILES string of the molecule is C=CCOc1ccc(CC(C#N)(CC=C)C(=O)OCC)cc1. The first-order chi connectivity index (χ1) is 10.6. The molecular weight excluding hydrogens is 278 g/mol. The molecular formula is C18H21NO3. The van der Waals surface area contributed by atoms with E-state index >= 15 is 0 Å². The normalized spacial score (nSPS) is 12.5. The van der Waals surface area contributed by atoms with E-state index in [1.165, 1.54) is 0 Å². The van der Waals surface area contributed by atoms with Gasteiger partial charge in [-0.15, -0.1) is 6.58 Å². The molecule has 0 heterocycles. The molecule has 1 aromatic carbocycles. The Morgan fingerprint density at radius 3 is 2.50 bits per heavy atom. The molecule has 0 aromatic heterocycles. The summed E-state index contributed by atoms with van der Waals surface area (Å²) in [5.41, 5.74) is -0.372. The lowest BCUT2D eigenvalue weighted by atomic mass is 9.80. The summed E-state index contributed by atoms with van der Waals surface area (Å²) in [4.78, 5) is 12.2. The molecule has 0 aliphatic heterocycles. The molecule has 0 amide bonds. The van der Waals surface area contributed by atoms with Crippen LogP contribution in [-0.4, -0.2) is 19.2 Å². The van der Waals surface area contributed by atoms with E-state index in [0.717, 1.165) is 5.56 Å². The number of carbonyl (C=O) groups excluding carboxylic acids is 1. The standard InChI is InChI=1S/C18H21NO3/c1-4-11-18(14-19,17(20)21-6-3)13-15-7-9-16(10-8-15)22-12-5-2/h4-5,7-10H,1-2,6,11-13H2,3H3. The maximum atomic E-state index is 12.2. The molecule has 0 saturated heterocycles. The first-order valence-electron chi connectivity index (χ1n) is 7.14. The average Bonchev–Trinajstić information content (AvgIpc) is 2.54. The van der Waals surface area contributed by atoms with Crippen molar-refractivity contribution in [1.29, 1.82) is 5.26 Å². The first kappa shape index (κ1) is 17.5. The van der Waals surface area contributed by atoms with Crippen LogP contribution in [0.4, 0.5) is 0 Å². The molecule has 0 radical (unpaired) electrons. The lowest BCUT2D eigenvalue weighted by Gasteiger charge is -2.23. The van der Waals surface area contributed by atoms with Gasteiger partial charge < -0.3 is 9.47 Å². The largest absolute Gasteiger partial charge is 0.490 e. The molecule has 4 heteroatoms. The van der Waals surface area contributed by atoms with Crippen molar-refractivity contribution in [3.05, 3.63) is 55.1 Å². The van der Waals surface area contributed by atoms with Crippen molar-refractivity contribution >= 4 is 5.97 Å². The number of hydrogen-bond donors (Lipinski definition) is 0. The molecule has 1 atom stereocenters. The topological polar surface area (TPSA) is 59.3 Å². The van der Waals surface area contributed by atoms with E-state index in [-0.39, 0.29) is 19.4 Å². The third kappa shape index (κ3) is 4.49. The minimum Gasteiger partial charge on any atom is -0.490 e. The molecule has 0 saturated carbocycles. The van der Waals surface area contributed by atoms with Crippen molar-refractivity contribution in [2.75, 3.05) is 13.2 Å². The summed E-state index contributed by atoms with van der Waals surface area (Å²) in [6.07, 6.45) is 3.76. The zero-order chi connectivity index (χ0) is 16.4. The zero-order valence-electron chi connectivity index (χ0n) is 12.9. The van der Waals surface area contributed by atoms with E-state index in [1.807, 2.05) is 12.1 Å². The van der Waals surface area contributed by atoms with Crippen molar-refractivity contribution in [3.63, 3.8) is 0 Å². The fourth-order valence-electron chi connectivity index (χ4n) is 2.08. The predicted octanol–water partition coefficient (Wildman–Crippen LogP) is 3.44. The quantitative estimate of drug-likeness (QED) is 0.517. The number of nitrogens with zero attached hydrogens (tertiary/aromatic N) is 1. The van der Waals surface area contributed by atoms with Gasteiger partial charge in [-0.05, 0) is 31.0 Å². The summed E-state index contributed by atoms with van der Waals surface area (Å²) in [5.74, 6) is 0.204. The molecule has 0 aliphatic carbocycles. The molecule has 116 valence electrons. The van der Waals surface area contributed by atoms with Gasteiger partial charge in [0, 0.05) is 6.42 Å². The Morgan fingerprint density at radius 1 is 1.32 bits per heavy atom. The number of rotatable bonds is 9. The van der Waals surface area contributed by atoms with Gasteiger partial charge in [-0.1, -0.05) is 30.9 Å². The van der Waals surface area contributed by atoms with Crippen LogP contribution in [0.3, 0.4) is 0 Å². The van der Waals surface area contributed by atoms with Gasteiger partial charge in [-0.3, -0.25) is 4.79 Å². The summed E-state index contributed by atoms with van der Waals surface area (Å²) in [7, 11) is 0. The average molecular weight is 299 g/mol. The van der Waals surface area contributed by atoms with Gasteiger partial charge in [-0.2, -0.15) is 5.26 Å². The van der Waals surface area contributed by atoms with E-state index in [9.17, 15) is 10.1 Å². The molecule has 0 aliphatic rings. The van der Waals surface area contributed by atoms with Gasteiger partial charge in [0.15, 0.2) is 5.41 Å². The van der Waals surface area contributed by atoms with Crippen molar-refractivity contribution in [3.8, 4) is 11.8 Å². The molecule has 0 fully saturated rings. The molecule has 1 aromatic rings. The van der Waals surface area contributed by atoms with Crippen molar-refractivity contribution < 1.29 is 14.3 Å². The summed E-state index contributed by atoms with van der Waals surface area (Å²) < 4.78 is 10.5. The lowest BCUT2D eigenvalue weighted by molar-refractivity contribution is -0.151. The third-order valence-electron chi connectivity index (χ3n) is 3.17. The monoisotopic (exact) mass is 299 g/mol. The van der Waals surface area contributed by atoms with Crippen LogP contribution >= 0.6 is 0 Å². The lowest BCUT2D eigenvalue weighted by Crippen LogP contribution is -2.33. The number of esters is 1. The van der Waals surface area contributed by atoms with E-state index in [2.05, 4.69) is 19.2 Å². The summed E-state index contributed by atoms with van der Waals surface area (Å²) in [6, 6.07) is 9.40. The van der Waals surface area contributed by atoms with Gasteiger partial charge in [0.05, 0.1) is 12.7 Å². The second-order valence-corrected chi connectivity index (χ2v) is 4.83. The highest BCUT2D eigenvalue weighted by Gasteiger charge is 2.39.